The molecule has 1 N–H and O–H groups in total. The molecule has 2 unspecified atom stereocenters. The van der Waals surface area contributed by atoms with E-state index < -0.39 is 13.2 Å². The zero-order valence-corrected chi connectivity index (χ0v) is 18.1. The molecule has 3 aromatic carbocycles. The van der Waals surface area contributed by atoms with Crippen LogP contribution in [0.1, 0.15) is 26.7 Å². The Balaban J connectivity index is 2.07. The zero-order valence-electron chi connectivity index (χ0n) is 17.2. The molecule has 0 saturated carbocycles. The standard InChI is InChI=1S/C26H29O2P/c1-21(22(2)20-26(27)28)18-19-29(23-12-6-3-7-13-23,24-14-8-4-9-15-24)25-16-10-5-11-17-25/h3-17,21-22H,18-20H2,1-2H3/p+1. The van der Waals surface area contributed by atoms with Gasteiger partial charge in [-0.2, -0.15) is 0 Å². The maximum atomic E-state index is 11.2. The highest BCUT2D eigenvalue weighted by molar-refractivity contribution is 7.95. The molecule has 150 valence electrons. The van der Waals surface area contributed by atoms with Crippen LogP contribution in [0, 0.1) is 11.8 Å². The second-order valence-electron chi connectivity index (χ2n) is 7.88. The number of carbonyl (C=O) groups is 1. The van der Waals surface area contributed by atoms with E-state index in [-0.39, 0.29) is 12.3 Å². The number of aliphatic carboxylic acids is 1. The lowest BCUT2D eigenvalue weighted by atomic mass is 9.91. The minimum Gasteiger partial charge on any atom is -0.481 e. The van der Waals surface area contributed by atoms with E-state index in [0.29, 0.717) is 5.92 Å². The molecule has 0 amide bonds. The molecule has 0 spiro atoms. The molecule has 0 heterocycles. The fourth-order valence-corrected chi connectivity index (χ4v) is 8.55. The van der Waals surface area contributed by atoms with Gasteiger partial charge in [0.15, 0.2) is 0 Å². The summed E-state index contributed by atoms with van der Waals surface area (Å²) in [6.07, 6.45) is 2.27. The quantitative estimate of drug-likeness (QED) is 0.502. The molecule has 0 aromatic heterocycles. The number of hydrogen-bond donors (Lipinski definition) is 1. The molecule has 0 aliphatic heterocycles. The van der Waals surface area contributed by atoms with Crippen molar-refractivity contribution in [1.29, 1.82) is 0 Å². The number of rotatable bonds is 9. The molecular formula is C26H30O2P+. The maximum absolute atomic E-state index is 11.2. The molecule has 2 nitrogen and oxygen atoms in total. The fraction of sp³-hybridized carbons (Fsp3) is 0.269. The summed E-state index contributed by atoms with van der Waals surface area (Å²) in [7, 11) is -1.83. The van der Waals surface area contributed by atoms with Gasteiger partial charge in [0.2, 0.25) is 0 Å². The fourth-order valence-electron chi connectivity index (χ4n) is 4.04. The Morgan fingerprint density at radius 3 is 1.45 bits per heavy atom. The van der Waals surface area contributed by atoms with Crippen molar-refractivity contribution in [2.45, 2.75) is 26.7 Å². The van der Waals surface area contributed by atoms with Gasteiger partial charge in [-0.15, -0.1) is 0 Å². The lowest BCUT2D eigenvalue weighted by Crippen LogP contribution is -2.34. The Morgan fingerprint density at radius 2 is 1.10 bits per heavy atom. The third kappa shape index (κ3) is 4.95. The van der Waals surface area contributed by atoms with Gasteiger partial charge < -0.3 is 5.11 Å². The molecule has 3 aromatic rings. The summed E-state index contributed by atoms with van der Waals surface area (Å²) in [6.45, 7) is 4.26. The molecule has 3 rings (SSSR count). The average Bonchev–Trinajstić information content (AvgIpc) is 2.76. The van der Waals surface area contributed by atoms with E-state index in [9.17, 15) is 9.90 Å². The van der Waals surface area contributed by atoms with Crippen LogP contribution in [0.4, 0.5) is 0 Å². The smallest absolute Gasteiger partial charge is 0.303 e. The topological polar surface area (TPSA) is 37.3 Å². The Hall–Kier alpha value is -2.44. The van der Waals surface area contributed by atoms with E-state index in [1.807, 2.05) is 0 Å². The monoisotopic (exact) mass is 405 g/mol. The third-order valence-corrected chi connectivity index (χ3v) is 10.4. The minimum atomic E-state index is -1.83. The van der Waals surface area contributed by atoms with Crippen LogP contribution < -0.4 is 15.9 Å². The lowest BCUT2D eigenvalue weighted by molar-refractivity contribution is -0.138. The second kappa shape index (κ2) is 9.85. The highest BCUT2D eigenvalue weighted by Crippen LogP contribution is 2.56. The number of benzene rings is 3. The van der Waals surface area contributed by atoms with Crippen LogP contribution in [0.3, 0.4) is 0 Å². The van der Waals surface area contributed by atoms with E-state index >= 15 is 0 Å². The van der Waals surface area contributed by atoms with E-state index in [4.69, 9.17) is 0 Å². The van der Waals surface area contributed by atoms with Gasteiger partial charge in [0.05, 0.1) is 6.16 Å². The Morgan fingerprint density at radius 1 is 0.724 bits per heavy atom. The first kappa shape index (κ1) is 21.3. The summed E-state index contributed by atoms with van der Waals surface area (Å²) < 4.78 is 0. The first-order valence-corrected chi connectivity index (χ1v) is 12.3. The summed E-state index contributed by atoms with van der Waals surface area (Å²) >= 11 is 0. The molecule has 0 bridgehead atoms. The molecular weight excluding hydrogens is 375 g/mol. The van der Waals surface area contributed by atoms with Crippen LogP contribution >= 0.6 is 7.26 Å². The Kier molecular flexibility index (Phi) is 7.23. The summed E-state index contributed by atoms with van der Waals surface area (Å²) in [5.41, 5.74) is 0. The van der Waals surface area contributed by atoms with Crippen LogP contribution in [0.15, 0.2) is 91.0 Å². The van der Waals surface area contributed by atoms with Crippen molar-refractivity contribution < 1.29 is 9.90 Å². The lowest BCUT2D eigenvalue weighted by Gasteiger charge is -2.29. The van der Waals surface area contributed by atoms with E-state index in [1.165, 1.54) is 15.9 Å². The molecule has 0 aliphatic carbocycles. The molecule has 0 fully saturated rings. The Labute approximate surface area is 175 Å². The van der Waals surface area contributed by atoms with Gasteiger partial charge in [0.1, 0.15) is 23.2 Å². The average molecular weight is 405 g/mol. The van der Waals surface area contributed by atoms with Crippen molar-refractivity contribution >= 4 is 29.1 Å². The van der Waals surface area contributed by atoms with Crippen LogP contribution in [0.5, 0.6) is 0 Å². The van der Waals surface area contributed by atoms with Crippen molar-refractivity contribution in [3.05, 3.63) is 91.0 Å². The van der Waals surface area contributed by atoms with Crippen molar-refractivity contribution in [1.82, 2.24) is 0 Å². The van der Waals surface area contributed by atoms with Gasteiger partial charge in [-0.3, -0.25) is 4.79 Å². The predicted octanol–water partition coefficient (Wildman–Crippen LogP) is 5.12. The van der Waals surface area contributed by atoms with Crippen LogP contribution in [-0.4, -0.2) is 17.2 Å². The molecule has 0 saturated heterocycles. The number of carboxylic acids is 1. The van der Waals surface area contributed by atoms with Gasteiger partial charge in [0.25, 0.3) is 0 Å². The maximum Gasteiger partial charge on any atom is 0.303 e. The number of hydrogen-bond acceptors (Lipinski definition) is 1. The Bertz CT molecular complexity index is 797. The van der Waals surface area contributed by atoms with Gasteiger partial charge in [-0.25, -0.2) is 0 Å². The van der Waals surface area contributed by atoms with Crippen LogP contribution in [0.25, 0.3) is 0 Å². The first-order valence-electron chi connectivity index (χ1n) is 10.3. The van der Waals surface area contributed by atoms with Gasteiger partial charge in [-0.05, 0) is 54.7 Å². The summed E-state index contributed by atoms with van der Waals surface area (Å²) in [4.78, 5) is 11.2. The van der Waals surface area contributed by atoms with E-state index in [1.54, 1.807) is 0 Å². The predicted molar refractivity (Wildman–Crippen MR) is 125 cm³/mol. The minimum absolute atomic E-state index is 0.164. The van der Waals surface area contributed by atoms with Crippen molar-refractivity contribution in [3.63, 3.8) is 0 Å². The SMILES string of the molecule is CC(CC[P+](c1ccccc1)(c1ccccc1)c1ccccc1)C(C)CC(=O)O. The highest BCUT2D eigenvalue weighted by atomic mass is 31.2. The largest absolute Gasteiger partial charge is 0.481 e. The van der Waals surface area contributed by atoms with E-state index in [2.05, 4.69) is 105 Å². The highest BCUT2D eigenvalue weighted by Gasteiger charge is 2.45. The summed E-state index contributed by atoms with van der Waals surface area (Å²) in [6, 6.07) is 32.6. The van der Waals surface area contributed by atoms with Crippen LogP contribution in [-0.2, 0) is 4.79 Å². The van der Waals surface area contributed by atoms with E-state index in [0.717, 1.165) is 12.6 Å². The summed E-state index contributed by atoms with van der Waals surface area (Å²) in [5, 5.41) is 13.4. The molecule has 2 atom stereocenters. The molecule has 0 aliphatic rings. The van der Waals surface area contributed by atoms with Gasteiger partial charge >= 0.3 is 5.97 Å². The molecule has 29 heavy (non-hydrogen) atoms. The second-order valence-corrected chi connectivity index (χ2v) is 11.5. The van der Waals surface area contributed by atoms with Crippen molar-refractivity contribution in [2.75, 3.05) is 6.16 Å². The van der Waals surface area contributed by atoms with Gasteiger partial charge in [-0.1, -0.05) is 68.4 Å². The third-order valence-electron chi connectivity index (χ3n) is 5.98. The zero-order chi connectivity index (χ0) is 20.7. The first-order chi connectivity index (χ1) is 14.0. The summed E-state index contributed by atoms with van der Waals surface area (Å²) in [5.74, 6) is -0.196. The number of carboxylic acid groups (broad SMARTS) is 1. The molecule has 3 heteroatoms. The molecule has 0 radical (unpaired) electrons. The normalized spacial score (nSPS) is 13.6. The van der Waals surface area contributed by atoms with Crippen LogP contribution in [0.2, 0.25) is 0 Å². The van der Waals surface area contributed by atoms with Gasteiger partial charge in [0, 0.05) is 6.42 Å². The van der Waals surface area contributed by atoms with Crippen molar-refractivity contribution in [2.24, 2.45) is 11.8 Å². The van der Waals surface area contributed by atoms with Crippen molar-refractivity contribution in [3.8, 4) is 0 Å².